The first kappa shape index (κ1) is 14.9. The van der Waals surface area contributed by atoms with E-state index in [1.807, 2.05) is 6.92 Å². The summed E-state index contributed by atoms with van der Waals surface area (Å²) < 4.78 is 4.47. The molecule has 1 fully saturated rings. The molecule has 0 spiro atoms. The van der Waals surface area contributed by atoms with Crippen LogP contribution in [-0.2, 0) is 12.4 Å². The van der Waals surface area contributed by atoms with Gasteiger partial charge in [0, 0.05) is 12.6 Å². The molecule has 1 saturated carbocycles. The zero-order valence-corrected chi connectivity index (χ0v) is 14.0. The normalized spacial score (nSPS) is 23.0. The molecule has 116 valence electrons. The molecule has 0 saturated heterocycles. The van der Waals surface area contributed by atoms with Gasteiger partial charge in [-0.3, -0.25) is 0 Å². The van der Waals surface area contributed by atoms with Gasteiger partial charge in [0.1, 0.15) is 11.3 Å². The minimum atomic E-state index is 0.478. The number of alkyl halides is 1. The lowest BCUT2D eigenvalue weighted by Crippen LogP contribution is -2.20. The van der Waals surface area contributed by atoms with E-state index in [1.54, 1.807) is 0 Å². The van der Waals surface area contributed by atoms with Crippen LogP contribution in [-0.4, -0.2) is 19.3 Å². The Kier molecular flexibility index (Phi) is 4.25. The van der Waals surface area contributed by atoms with Gasteiger partial charge in [-0.15, -0.1) is 11.6 Å². The summed E-state index contributed by atoms with van der Waals surface area (Å²) in [4.78, 5) is 4.76. The number of hydrogen-bond donors (Lipinski definition) is 0. The van der Waals surface area contributed by atoms with Crippen molar-refractivity contribution in [2.75, 3.05) is 0 Å². The first-order chi connectivity index (χ1) is 10.2. The minimum absolute atomic E-state index is 0.478. The standard InChI is InChI=1S/C16H25ClN4/c1-4-12-6-8-13(9-7-12)21-14(10-17)18-15-11(3)19-20(5-2)16(15)21/h12-13H,4-10H2,1-3H3. The van der Waals surface area contributed by atoms with Crippen molar-refractivity contribution in [2.24, 2.45) is 5.92 Å². The molecule has 0 radical (unpaired) electrons. The molecule has 2 aromatic heterocycles. The maximum absolute atomic E-state index is 6.17. The van der Waals surface area contributed by atoms with E-state index in [9.17, 15) is 0 Å². The lowest BCUT2D eigenvalue weighted by Gasteiger charge is -2.30. The van der Waals surface area contributed by atoms with E-state index in [-0.39, 0.29) is 0 Å². The molecule has 5 heteroatoms. The van der Waals surface area contributed by atoms with Crippen molar-refractivity contribution < 1.29 is 0 Å². The van der Waals surface area contributed by atoms with Crippen LogP contribution in [0.4, 0.5) is 0 Å². The molecule has 0 N–H and O–H groups in total. The molecule has 0 aromatic carbocycles. The number of imidazole rings is 1. The van der Waals surface area contributed by atoms with E-state index in [0.717, 1.165) is 29.5 Å². The van der Waals surface area contributed by atoms with Crippen molar-refractivity contribution in [1.82, 2.24) is 19.3 Å². The van der Waals surface area contributed by atoms with Gasteiger partial charge in [0.25, 0.3) is 0 Å². The Morgan fingerprint density at radius 3 is 2.48 bits per heavy atom. The highest BCUT2D eigenvalue weighted by Gasteiger charge is 2.27. The highest BCUT2D eigenvalue weighted by atomic mass is 35.5. The monoisotopic (exact) mass is 308 g/mol. The molecule has 1 aliphatic rings. The third-order valence-corrected chi connectivity index (χ3v) is 5.23. The number of halogens is 1. The van der Waals surface area contributed by atoms with E-state index in [4.69, 9.17) is 16.6 Å². The molecule has 1 aliphatic carbocycles. The van der Waals surface area contributed by atoms with Gasteiger partial charge in [0.05, 0.1) is 11.6 Å². The Morgan fingerprint density at radius 1 is 1.19 bits per heavy atom. The summed E-state index contributed by atoms with van der Waals surface area (Å²) in [6.45, 7) is 7.36. The third kappa shape index (κ3) is 2.48. The molecule has 21 heavy (non-hydrogen) atoms. The van der Waals surface area contributed by atoms with Crippen LogP contribution in [0.2, 0.25) is 0 Å². The van der Waals surface area contributed by atoms with Crippen LogP contribution in [0.1, 0.15) is 63.5 Å². The highest BCUT2D eigenvalue weighted by molar-refractivity contribution is 6.16. The van der Waals surface area contributed by atoms with Crippen LogP contribution >= 0.6 is 11.6 Å². The Bertz CT molecular complexity index is 620. The fourth-order valence-electron chi connectivity index (χ4n) is 3.74. The van der Waals surface area contributed by atoms with Crippen LogP contribution in [0.25, 0.3) is 11.2 Å². The van der Waals surface area contributed by atoms with Crippen LogP contribution in [0, 0.1) is 12.8 Å². The predicted molar refractivity (Wildman–Crippen MR) is 86.8 cm³/mol. The smallest absolute Gasteiger partial charge is 0.159 e. The molecular formula is C16H25ClN4. The summed E-state index contributed by atoms with van der Waals surface area (Å²) in [5.41, 5.74) is 3.22. The zero-order valence-electron chi connectivity index (χ0n) is 13.3. The quantitative estimate of drug-likeness (QED) is 0.783. The minimum Gasteiger partial charge on any atom is -0.309 e. The maximum Gasteiger partial charge on any atom is 0.159 e. The van der Waals surface area contributed by atoms with Gasteiger partial charge in [0.2, 0.25) is 0 Å². The predicted octanol–water partition coefficient (Wildman–Crippen LogP) is 4.44. The first-order valence-electron chi connectivity index (χ1n) is 8.19. The Morgan fingerprint density at radius 2 is 1.90 bits per heavy atom. The summed E-state index contributed by atoms with van der Waals surface area (Å²) in [6, 6.07) is 0.535. The fourth-order valence-corrected chi connectivity index (χ4v) is 3.93. The van der Waals surface area contributed by atoms with E-state index >= 15 is 0 Å². The number of rotatable bonds is 4. The van der Waals surface area contributed by atoms with Gasteiger partial charge >= 0.3 is 0 Å². The van der Waals surface area contributed by atoms with Crippen LogP contribution in [0.3, 0.4) is 0 Å². The number of aromatic nitrogens is 4. The topological polar surface area (TPSA) is 35.6 Å². The van der Waals surface area contributed by atoms with Crippen molar-refractivity contribution in [3.05, 3.63) is 11.5 Å². The molecule has 4 nitrogen and oxygen atoms in total. The first-order valence-corrected chi connectivity index (χ1v) is 8.73. The molecule has 0 unspecified atom stereocenters. The SMILES string of the molecule is CCC1CCC(n2c(CCl)nc3c(C)nn(CC)c32)CC1. The Balaban J connectivity index is 2.04. The summed E-state index contributed by atoms with van der Waals surface area (Å²) in [7, 11) is 0. The number of aryl methyl sites for hydroxylation is 2. The fraction of sp³-hybridized carbons (Fsp3) is 0.750. The second-order valence-electron chi connectivity index (χ2n) is 6.19. The summed E-state index contributed by atoms with van der Waals surface area (Å²) in [5.74, 6) is 2.39. The van der Waals surface area contributed by atoms with E-state index in [1.165, 1.54) is 37.8 Å². The van der Waals surface area contributed by atoms with Gasteiger partial charge in [-0.05, 0) is 45.4 Å². The molecule has 0 amide bonds. The van der Waals surface area contributed by atoms with Crippen molar-refractivity contribution in [1.29, 1.82) is 0 Å². The average Bonchev–Trinajstić information content (AvgIpc) is 3.05. The highest BCUT2D eigenvalue weighted by Crippen LogP contribution is 2.37. The number of nitrogens with zero attached hydrogens (tertiary/aromatic N) is 4. The maximum atomic E-state index is 6.17. The number of fused-ring (bicyclic) bond motifs is 1. The van der Waals surface area contributed by atoms with Gasteiger partial charge in [-0.1, -0.05) is 13.3 Å². The van der Waals surface area contributed by atoms with Crippen molar-refractivity contribution in [3.8, 4) is 0 Å². The Hall–Kier alpha value is -1.03. The van der Waals surface area contributed by atoms with Crippen molar-refractivity contribution >= 4 is 22.8 Å². The van der Waals surface area contributed by atoms with Crippen LogP contribution in [0.5, 0.6) is 0 Å². The van der Waals surface area contributed by atoms with Gasteiger partial charge < -0.3 is 4.57 Å². The summed E-state index contributed by atoms with van der Waals surface area (Å²) >= 11 is 6.17. The van der Waals surface area contributed by atoms with Crippen molar-refractivity contribution in [3.63, 3.8) is 0 Å². The summed E-state index contributed by atoms with van der Waals surface area (Å²) in [6.07, 6.45) is 6.42. The molecule has 3 rings (SSSR count). The molecule has 2 aromatic rings. The second kappa shape index (κ2) is 5.99. The van der Waals surface area contributed by atoms with Crippen LogP contribution < -0.4 is 0 Å². The zero-order chi connectivity index (χ0) is 15.0. The second-order valence-corrected chi connectivity index (χ2v) is 6.46. The molecule has 0 bridgehead atoms. The van der Waals surface area contributed by atoms with E-state index < -0.39 is 0 Å². The summed E-state index contributed by atoms with van der Waals surface area (Å²) in [5, 5.41) is 4.62. The lowest BCUT2D eigenvalue weighted by molar-refractivity contribution is 0.268. The van der Waals surface area contributed by atoms with E-state index in [0.29, 0.717) is 11.9 Å². The Labute approximate surface area is 131 Å². The van der Waals surface area contributed by atoms with Gasteiger partial charge in [0.15, 0.2) is 5.65 Å². The van der Waals surface area contributed by atoms with E-state index in [2.05, 4.69) is 28.2 Å². The molecule has 0 atom stereocenters. The average molecular weight is 309 g/mol. The molecule has 2 heterocycles. The number of hydrogen-bond acceptors (Lipinski definition) is 2. The lowest BCUT2D eigenvalue weighted by atomic mass is 9.84. The largest absolute Gasteiger partial charge is 0.309 e. The van der Waals surface area contributed by atoms with Crippen LogP contribution in [0.15, 0.2) is 0 Å². The third-order valence-electron chi connectivity index (χ3n) is 4.99. The molecule has 0 aliphatic heterocycles. The van der Waals surface area contributed by atoms with Gasteiger partial charge in [-0.2, -0.15) is 5.10 Å². The van der Waals surface area contributed by atoms with Crippen molar-refractivity contribution in [2.45, 2.75) is 71.3 Å². The van der Waals surface area contributed by atoms with Gasteiger partial charge in [-0.25, -0.2) is 9.67 Å². The molecular weight excluding hydrogens is 284 g/mol.